The van der Waals surface area contributed by atoms with Gasteiger partial charge in [0.2, 0.25) is 0 Å². The highest BCUT2D eigenvalue weighted by Gasteiger charge is 2.21. The summed E-state index contributed by atoms with van der Waals surface area (Å²) in [5.41, 5.74) is 1.46. The Hall–Kier alpha value is -0.860. The van der Waals surface area contributed by atoms with Crippen molar-refractivity contribution in [1.82, 2.24) is 10.2 Å². The van der Waals surface area contributed by atoms with Crippen LogP contribution in [0.4, 0.5) is 0 Å². The molecular formula is C18H30N2. The lowest BCUT2D eigenvalue weighted by Crippen LogP contribution is -2.36. The summed E-state index contributed by atoms with van der Waals surface area (Å²) < 4.78 is 0. The SMILES string of the molecule is CCC(CC)CNC1CCN(CCc2ccccc2)C1. The molecule has 1 aromatic rings. The van der Waals surface area contributed by atoms with Crippen LogP contribution in [0, 0.1) is 5.92 Å². The summed E-state index contributed by atoms with van der Waals surface area (Å²) in [5.74, 6) is 0.855. The third-order valence-electron chi connectivity index (χ3n) is 4.68. The van der Waals surface area contributed by atoms with Crippen molar-refractivity contribution in [2.24, 2.45) is 5.92 Å². The van der Waals surface area contributed by atoms with E-state index in [1.54, 1.807) is 0 Å². The normalized spacial score (nSPS) is 19.9. The van der Waals surface area contributed by atoms with E-state index in [1.165, 1.54) is 57.4 Å². The van der Waals surface area contributed by atoms with E-state index in [2.05, 4.69) is 54.4 Å². The molecule has 1 unspecified atom stereocenters. The highest BCUT2D eigenvalue weighted by molar-refractivity contribution is 5.14. The number of nitrogens with zero attached hydrogens (tertiary/aromatic N) is 1. The van der Waals surface area contributed by atoms with Gasteiger partial charge in [0, 0.05) is 19.1 Å². The maximum atomic E-state index is 3.77. The molecule has 0 saturated carbocycles. The Kier molecular flexibility index (Phi) is 6.55. The molecule has 1 heterocycles. The Balaban J connectivity index is 1.65. The largest absolute Gasteiger partial charge is 0.312 e. The zero-order valence-corrected chi connectivity index (χ0v) is 13.1. The molecule has 2 nitrogen and oxygen atoms in total. The minimum Gasteiger partial charge on any atom is -0.312 e. The van der Waals surface area contributed by atoms with Crippen LogP contribution in [0.1, 0.15) is 38.7 Å². The van der Waals surface area contributed by atoms with Crippen LogP contribution in [0.5, 0.6) is 0 Å². The lowest BCUT2D eigenvalue weighted by atomic mass is 10.0. The van der Waals surface area contributed by atoms with Gasteiger partial charge in [0.05, 0.1) is 0 Å². The molecule has 0 aliphatic carbocycles. The van der Waals surface area contributed by atoms with E-state index in [0.717, 1.165) is 5.92 Å². The fourth-order valence-electron chi connectivity index (χ4n) is 3.04. The number of hydrogen-bond donors (Lipinski definition) is 1. The summed E-state index contributed by atoms with van der Waals surface area (Å²) in [6, 6.07) is 11.6. The first-order chi connectivity index (χ1) is 9.81. The van der Waals surface area contributed by atoms with E-state index in [0.29, 0.717) is 6.04 Å². The Labute approximate surface area is 124 Å². The molecule has 0 spiro atoms. The van der Waals surface area contributed by atoms with Crippen molar-refractivity contribution in [3.05, 3.63) is 35.9 Å². The number of nitrogens with one attached hydrogen (secondary N) is 1. The van der Waals surface area contributed by atoms with Crippen LogP contribution in [0.3, 0.4) is 0 Å². The van der Waals surface area contributed by atoms with E-state index < -0.39 is 0 Å². The average Bonchev–Trinajstić information content (AvgIpc) is 2.95. The molecule has 0 amide bonds. The van der Waals surface area contributed by atoms with Gasteiger partial charge in [-0.05, 0) is 37.4 Å². The van der Waals surface area contributed by atoms with Crippen molar-refractivity contribution in [2.75, 3.05) is 26.2 Å². The minimum atomic E-state index is 0.714. The molecule has 112 valence electrons. The van der Waals surface area contributed by atoms with Gasteiger partial charge in [-0.3, -0.25) is 0 Å². The molecule has 2 heteroatoms. The van der Waals surface area contributed by atoms with Gasteiger partial charge in [0.25, 0.3) is 0 Å². The molecule has 2 rings (SSSR count). The smallest absolute Gasteiger partial charge is 0.0207 e. The topological polar surface area (TPSA) is 15.3 Å². The van der Waals surface area contributed by atoms with E-state index in [-0.39, 0.29) is 0 Å². The van der Waals surface area contributed by atoms with Gasteiger partial charge in [0.15, 0.2) is 0 Å². The third kappa shape index (κ3) is 4.92. The molecule has 0 bridgehead atoms. The second kappa shape index (κ2) is 8.43. The standard InChI is InChI=1S/C18H30N2/c1-3-16(4-2)14-19-18-11-13-20(15-18)12-10-17-8-6-5-7-9-17/h5-9,16,18-19H,3-4,10-15H2,1-2H3. The summed E-state index contributed by atoms with van der Waals surface area (Å²) >= 11 is 0. The van der Waals surface area contributed by atoms with Crippen molar-refractivity contribution in [1.29, 1.82) is 0 Å². The average molecular weight is 274 g/mol. The van der Waals surface area contributed by atoms with Crippen molar-refractivity contribution in [2.45, 2.75) is 45.6 Å². The van der Waals surface area contributed by atoms with Gasteiger partial charge >= 0.3 is 0 Å². The number of rotatable bonds is 8. The quantitative estimate of drug-likeness (QED) is 0.782. The Morgan fingerprint density at radius 2 is 1.95 bits per heavy atom. The lowest BCUT2D eigenvalue weighted by molar-refractivity contribution is 0.326. The fourth-order valence-corrected chi connectivity index (χ4v) is 3.04. The van der Waals surface area contributed by atoms with Gasteiger partial charge in [-0.2, -0.15) is 0 Å². The van der Waals surface area contributed by atoms with Crippen LogP contribution in [0.25, 0.3) is 0 Å². The highest BCUT2D eigenvalue weighted by atomic mass is 15.2. The van der Waals surface area contributed by atoms with Crippen LogP contribution in [-0.4, -0.2) is 37.1 Å². The first kappa shape index (κ1) is 15.5. The fraction of sp³-hybridized carbons (Fsp3) is 0.667. The zero-order valence-electron chi connectivity index (χ0n) is 13.1. The maximum Gasteiger partial charge on any atom is 0.0207 e. The van der Waals surface area contributed by atoms with Gasteiger partial charge < -0.3 is 10.2 Å². The number of benzene rings is 1. The predicted molar refractivity (Wildman–Crippen MR) is 87.1 cm³/mol. The maximum absolute atomic E-state index is 3.77. The molecule has 1 N–H and O–H groups in total. The van der Waals surface area contributed by atoms with Crippen LogP contribution >= 0.6 is 0 Å². The molecule has 1 fully saturated rings. The van der Waals surface area contributed by atoms with Crippen molar-refractivity contribution >= 4 is 0 Å². The summed E-state index contributed by atoms with van der Waals surface area (Å²) in [5, 5.41) is 3.77. The van der Waals surface area contributed by atoms with Crippen LogP contribution in [0.2, 0.25) is 0 Å². The number of hydrogen-bond acceptors (Lipinski definition) is 2. The zero-order chi connectivity index (χ0) is 14.2. The molecule has 1 aliphatic heterocycles. The molecule has 1 aliphatic rings. The Bertz CT molecular complexity index is 359. The van der Waals surface area contributed by atoms with Gasteiger partial charge in [-0.25, -0.2) is 0 Å². The first-order valence-electron chi connectivity index (χ1n) is 8.31. The van der Waals surface area contributed by atoms with Gasteiger partial charge in [-0.1, -0.05) is 57.0 Å². The van der Waals surface area contributed by atoms with E-state index in [4.69, 9.17) is 0 Å². The van der Waals surface area contributed by atoms with Crippen LogP contribution < -0.4 is 5.32 Å². The summed E-state index contributed by atoms with van der Waals surface area (Å²) in [7, 11) is 0. The molecular weight excluding hydrogens is 244 g/mol. The molecule has 1 aromatic carbocycles. The first-order valence-corrected chi connectivity index (χ1v) is 8.31. The predicted octanol–water partition coefficient (Wildman–Crippen LogP) is 3.33. The highest BCUT2D eigenvalue weighted by Crippen LogP contribution is 2.12. The minimum absolute atomic E-state index is 0.714. The van der Waals surface area contributed by atoms with Gasteiger partial charge in [0.1, 0.15) is 0 Å². The molecule has 1 saturated heterocycles. The van der Waals surface area contributed by atoms with Gasteiger partial charge in [-0.15, -0.1) is 0 Å². The number of likely N-dealkylation sites (tertiary alicyclic amines) is 1. The monoisotopic (exact) mass is 274 g/mol. The Morgan fingerprint density at radius 1 is 1.20 bits per heavy atom. The van der Waals surface area contributed by atoms with Crippen LogP contribution in [0.15, 0.2) is 30.3 Å². The van der Waals surface area contributed by atoms with E-state index >= 15 is 0 Å². The van der Waals surface area contributed by atoms with Crippen molar-refractivity contribution < 1.29 is 0 Å². The summed E-state index contributed by atoms with van der Waals surface area (Å²) in [4.78, 5) is 2.61. The lowest BCUT2D eigenvalue weighted by Gasteiger charge is -2.19. The second-order valence-corrected chi connectivity index (χ2v) is 6.11. The van der Waals surface area contributed by atoms with Crippen molar-refractivity contribution in [3.63, 3.8) is 0 Å². The summed E-state index contributed by atoms with van der Waals surface area (Å²) in [6.45, 7) is 9.49. The molecule has 0 radical (unpaired) electrons. The van der Waals surface area contributed by atoms with Crippen molar-refractivity contribution in [3.8, 4) is 0 Å². The van der Waals surface area contributed by atoms with E-state index in [1.807, 2.05) is 0 Å². The third-order valence-corrected chi connectivity index (χ3v) is 4.68. The summed E-state index contributed by atoms with van der Waals surface area (Å²) in [6.07, 6.45) is 5.09. The van der Waals surface area contributed by atoms with Crippen LogP contribution in [-0.2, 0) is 6.42 Å². The Morgan fingerprint density at radius 3 is 2.65 bits per heavy atom. The second-order valence-electron chi connectivity index (χ2n) is 6.11. The molecule has 0 aromatic heterocycles. The van der Waals surface area contributed by atoms with E-state index in [9.17, 15) is 0 Å². The molecule has 20 heavy (non-hydrogen) atoms. The molecule has 1 atom stereocenters.